The lowest BCUT2D eigenvalue weighted by atomic mass is 10.1. The molecule has 0 amide bonds. The standard InChI is InChI=1S/C15H13FN2O2S/c1-21(19,20)13-5-6-14(16)15(8-13)18-10-12-4-2-3-11(7-12)9-17/h2-8,18H,10H2,1H3. The quantitative estimate of drug-likeness (QED) is 0.882. The fraction of sp³-hybridized carbons (Fsp3) is 0.133. The second-order valence-corrected chi connectivity index (χ2v) is 6.60. The highest BCUT2D eigenvalue weighted by Crippen LogP contribution is 2.20. The van der Waals surface area contributed by atoms with Gasteiger partial charge in [0, 0.05) is 12.8 Å². The largest absolute Gasteiger partial charge is 0.379 e. The molecule has 0 aliphatic rings. The molecule has 0 spiro atoms. The molecule has 1 N–H and O–H groups in total. The second-order valence-electron chi connectivity index (χ2n) is 4.58. The topological polar surface area (TPSA) is 70.0 Å². The summed E-state index contributed by atoms with van der Waals surface area (Å²) < 4.78 is 36.6. The normalized spacial score (nSPS) is 10.9. The molecule has 2 aromatic rings. The Morgan fingerprint density at radius 1 is 1.24 bits per heavy atom. The van der Waals surface area contributed by atoms with Crippen molar-refractivity contribution in [2.75, 3.05) is 11.6 Å². The van der Waals surface area contributed by atoms with E-state index in [0.717, 1.165) is 17.9 Å². The Morgan fingerprint density at radius 3 is 2.67 bits per heavy atom. The van der Waals surface area contributed by atoms with Crippen molar-refractivity contribution in [3.05, 3.63) is 59.4 Å². The minimum absolute atomic E-state index is 0.0529. The smallest absolute Gasteiger partial charge is 0.175 e. The minimum atomic E-state index is -3.39. The number of benzene rings is 2. The van der Waals surface area contributed by atoms with Crippen LogP contribution in [0.5, 0.6) is 0 Å². The zero-order valence-electron chi connectivity index (χ0n) is 11.3. The van der Waals surface area contributed by atoms with Gasteiger partial charge in [0.2, 0.25) is 0 Å². The van der Waals surface area contributed by atoms with Gasteiger partial charge in [-0.3, -0.25) is 0 Å². The van der Waals surface area contributed by atoms with Gasteiger partial charge in [0.1, 0.15) is 5.82 Å². The van der Waals surface area contributed by atoms with Gasteiger partial charge in [-0.05, 0) is 35.9 Å². The monoisotopic (exact) mass is 304 g/mol. The minimum Gasteiger partial charge on any atom is -0.379 e. The molecule has 0 aliphatic heterocycles. The molecule has 0 radical (unpaired) electrons. The Labute approximate surface area is 122 Å². The maximum absolute atomic E-state index is 13.7. The molecule has 21 heavy (non-hydrogen) atoms. The first-order valence-corrected chi connectivity index (χ1v) is 8.02. The van der Waals surface area contributed by atoms with Crippen LogP contribution in [0.1, 0.15) is 11.1 Å². The van der Waals surface area contributed by atoms with Crippen LogP contribution in [0.3, 0.4) is 0 Å². The van der Waals surface area contributed by atoms with Crippen LogP contribution in [-0.2, 0) is 16.4 Å². The van der Waals surface area contributed by atoms with Crippen LogP contribution >= 0.6 is 0 Å². The van der Waals surface area contributed by atoms with Crippen molar-refractivity contribution in [3.8, 4) is 6.07 Å². The van der Waals surface area contributed by atoms with E-state index in [1.54, 1.807) is 24.3 Å². The third kappa shape index (κ3) is 3.80. The maximum Gasteiger partial charge on any atom is 0.175 e. The zero-order valence-corrected chi connectivity index (χ0v) is 12.1. The molecule has 0 fully saturated rings. The summed E-state index contributed by atoms with van der Waals surface area (Å²) in [4.78, 5) is 0.0529. The van der Waals surface area contributed by atoms with Gasteiger partial charge in [-0.1, -0.05) is 12.1 Å². The number of hydrogen-bond acceptors (Lipinski definition) is 4. The molecular weight excluding hydrogens is 291 g/mol. The van der Waals surface area contributed by atoms with Crippen molar-refractivity contribution in [3.63, 3.8) is 0 Å². The number of rotatable bonds is 4. The summed E-state index contributed by atoms with van der Waals surface area (Å²) in [5, 5.41) is 11.7. The van der Waals surface area contributed by atoms with Crippen molar-refractivity contribution in [1.29, 1.82) is 5.26 Å². The van der Waals surface area contributed by atoms with E-state index in [1.165, 1.54) is 12.1 Å². The molecule has 0 unspecified atom stereocenters. The average molecular weight is 304 g/mol. The first-order valence-electron chi connectivity index (χ1n) is 6.12. The molecule has 2 rings (SSSR count). The Bertz CT molecular complexity index is 811. The number of halogens is 1. The molecule has 0 saturated heterocycles. The first kappa shape index (κ1) is 15.0. The summed E-state index contributed by atoms with van der Waals surface area (Å²) in [6.45, 7) is 0.291. The molecule has 0 atom stereocenters. The van der Waals surface area contributed by atoms with Gasteiger partial charge in [-0.25, -0.2) is 12.8 Å². The summed E-state index contributed by atoms with van der Waals surface area (Å²) in [5.41, 5.74) is 1.43. The summed E-state index contributed by atoms with van der Waals surface area (Å²) >= 11 is 0. The fourth-order valence-electron chi connectivity index (χ4n) is 1.82. The highest BCUT2D eigenvalue weighted by molar-refractivity contribution is 7.90. The van der Waals surface area contributed by atoms with Crippen LogP contribution in [0.4, 0.5) is 10.1 Å². The zero-order chi connectivity index (χ0) is 15.5. The van der Waals surface area contributed by atoms with Crippen LogP contribution in [0.2, 0.25) is 0 Å². The molecule has 6 heteroatoms. The molecular formula is C15H13FN2O2S. The Kier molecular flexibility index (Phi) is 4.24. The summed E-state index contributed by atoms with van der Waals surface area (Å²) in [5.74, 6) is -0.529. The van der Waals surface area contributed by atoms with Crippen LogP contribution in [0.15, 0.2) is 47.4 Å². The Morgan fingerprint density at radius 2 is 2.00 bits per heavy atom. The Hall–Kier alpha value is -2.39. The van der Waals surface area contributed by atoms with E-state index in [4.69, 9.17) is 5.26 Å². The van der Waals surface area contributed by atoms with E-state index < -0.39 is 15.7 Å². The predicted molar refractivity (Wildman–Crippen MR) is 78.0 cm³/mol. The molecule has 0 aromatic heterocycles. The lowest BCUT2D eigenvalue weighted by Gasteiger charge is -2.09. The van der Waals surface area contributed by atoms with E-state index in [0.29, 0.717) is 12.1 Å². The van der Waals surface area contributed by atoms with Crippen LogP contribution in [0, 0.1) is 17.1 Å². The van der Waals surface area contributed by atoms with Gasteiger partial charge in [0.25, 0.3) is 0 Å². The molecule has 0 heterocycles. The highest BCUT2D eigenvalue weighted by atomic mass is 32.2. The number of nitriles is 1. The molecule has 108 valence electrons. The van der Waals surface area contributed by atoms with Crippen molar-refractivity contribution < 1.29 is 12.8 Å². The van der Waals surface area contributed by atoms with Crippen LogP contribution in [0.25, 0.3) is 0 Å². The predicted octanol–water partition coefficient (Wildman–Crippen LogP) is 2.71. The van der Waals surface area contributed by atoms with Crippen molar-refractivity contribution in [1.82, 2.24) is 0 Å². The van der Waals surface area contributed by atoms with E-state index in [9.17, 15) is 12.8 Å². The second kappa shape index (κ2) is 5.94. The van der Waals surface area contributed by atoms with Crippen molar-refractivity contribution >= 4 is 15.5 Å². The van der Waals surface area contributed by atoms with Gasteiger partial charge in [0.15, 0.2) is 9.84 Å². The summed E-state index contributed by atoms with van der Waals surface area (Å²) in [7, 11) is -3.39. The number of nitrogens with one attached hydrogen (secondary N) is 1. The van der Waals surface area contributed by atoms with Crippen molar-refractivity contribution in [2.45, 2.75) is 11.4 Å². The fourth-order valence-corrected chi connectivity index (χ4v) is 2.47. The highest BCUT2D eigenvalue weighted by Gasteiger charge is 2.11. The lowest BCUT2D eigenvalue weighted by Crippen LogP contribution is -2.04. The van der Waals surface area contributed by atoms with Crippen molar-refractivity contribution in [2.24, 2.45) is 0 Å². The van der Waals surface area contributed by atoms with Crippen LogP contribution in [-0.4, -0.2) is 14.7 Å². The molecule has 2 aromatic carbocycles. The van der Waals surface area contributed by atoms with E-state index in [2.05, 4.69) is 5.32 Å². The first-order chi connectivity index (χ1) is 9.90. The van der Waals surface area contributed by atoms with E-state index >= 15 is 0 Å². The van der Waals surface area contributed by atoms with Gasteiger partial charge in [0.05, 0.1) is 22.2 Å². The van der Waals surface area contributed by atoms with Crippen LogP contribution < -0.4 is 5.32 Å². The van der Waals surface area contributed by atoms with Gasteiger partial charge < -0.3 is 5.32 Å². The lowest BCUT2D eigenvalue weighted by molar-refractivity contribution is 0.600. The Balaban J connectivity index is 2.22. The van der Waals surface area contributed by atoms with E-state index in [-0.39, 0.29) is 10.6 Å². The average Bonchev–Trinajstić information content (AvgIpc) is 2.45. The summed E-state index contributed by atoms with van der Waals surface area (Å²) in [6.07, 6.45) is 1.07. The van der Waals surface area contributed by atoms with E-state index in [1.807, 2.05) is 6.07 Å². The van der Waals surface area contributed by atoms with Gasteiger partial charge in [-0.2, -0.15) is 5.26 Å². The van der Waals surface area contributed by atoms with Gasteiger partial charge >= 0.3 is 0 Å². The number of anilines is 1. The number of hydrogen-bond donors (Lipinski definition) is 1. The molecule has 0 bridgehead atoms. The maximum atomic E-state index is 13.7. The number of nitrogens with zero attached hydrogens (tertiary/aromatic N) is 1. The molecule has 0 saturated carbocycles. The third-order valence-corrected chi connectivity index (χ3v) is 4.02. The summed E-state index contributed by atoms with van der Waals surface area (Å²) in [6, 6.07) is 12.5. The SMILES string of the molecule is CS(=O)(=O)c1ccc(F)c(NCc2cccc(C#N)c2)c1. The molecule has 4 nitrogen and oxygen atoms in total. The third-order valence-electron chi connectivity index (χ3n) is 2.91. The molecule has 0 aliphatic carbocycles. The number of sulfone groups is 1. The van der Waals surface area contributed by atoms with Gasteiger partial charge in [-0.15, -0.1) is 0 Å².